The van der Waals surface area contributed by atoms with Crippen molar-refractivity contribution in [2.75, 3.05) is 13.1 Å². The molecule has 2 aliphatic heterocycles. The minimum Gasteiger partial charge on any atom is -0.489 e. The van der Waals surface area contributed by atoms with Crippen LogP contribution >= 0.6 is 0 Å². The Morgan fingerprint density at radius 2 is 1.13 bits per heavy atom. The Morgan fingerprint density at radius 1 is 0.600 bits per heavy atom. The topological polar surface area (TPSA) is 90.7 Å². The fraction of sp³-hybridized carbons (Fsp3) is 0.316. The summed E-state index contributed by atoms with van der Waals surface area (Å²) in [4.78, 5) is 17.2. The molecule has 3 fully saturated rings. The standard InChI is InChI=1S/C38H38N6O/c1-2-6-23(7-3-1)22-45-27-14-10-24(11-15-27)34-35(25-12-16-28-32(20-25)43-37(41-28)30-8-4-18-39-30)36(34)26-13-17-29-33(21-26)44-38(42-29)31-9-5-19-40-31/h1-3,6-7,10-17,20-21,30-31,34-36,39-40H,4-5,8-9,18-19,22H2,(H,41,43)(H,42,44). The lowest BCUT2D eigenvalue weighted by Gasteiger charge is -2.08. The van der Waals surface area contributed by atoms with E-state index in [0.29, 0.717) is 36.4 Å². The summed E-state index contributed by atoms with van der Waals surface area (Å²) in [7, 11) is 0. The van der Waals surface area contributed by atoms with E-state index in [2.05, 4.69) is 106 Å². The molecule has 1 aliphatic carbocycles. The highest BCUT2D eigenvalue weighted by Crippen LogP contribution is 2.66. The van der Waals surface area contributed by atoms with Crippen molar-refractivity contribution in [1.29, 1.82) is 0 Å². The molecule has 3 aliphatic rings. The lowest BCUT2D eigenvalue weighted by Crippen LogP contribution is -2.13. The number of benzene rings is 4. The van der Waals surface area contributed by atoms with Gasteiger partial charge >= 0.3 is 0 Å². The van der Waals surface area contributed by atoms with Gasteiger partial charge in [-0.3, -0.25) is 0 Å². The number of imidazole rings is 2. The Kier molecular flexibility index (Phi) is 6.67. The molecule has 45 heavy (non-hydrogen) atoms. The first-order valence-electron chi connectivity index (χ1n) is 16.5. The Labute approximate surface area is 262 Å². The summed E-state index contributed by atoms with van der Waals surface area (Å²) in [6, 6.07) is 33.4. The SMILES string of the molecule is c1ccc(COc2ccc(C3C(c4ccc5nc(C6CCCN6)[nH]c5c4)C3c3ccc4nc(C5CCCN5)[nH]c4c3)cc2)cc1. The van der Waals surface area contributed by atoms with Crippen LogP contribution in [0.2, 0.25) is 0 Å². The molecule has 4 heterocycles. The summed E-state index contributed by atoms with van der Waals surface area (Å²) in [5.41, 5.74) is 9.58. The molecule has 4 N–H and O–H groups in total. The van der Waals surface area contributed by atoms with E-state index in [-0.39, 0.29) is 0 Å². The maximum Gasteiger partial charge on any atom is 0.124 e. The molecule has 6 aromatic rings. The number of hydrogen-bond donors (Lipinski definition) is 4. The second-order valence-electron chi connectivity index (χ2n) is 13.0. The van der Waals surface area contributed by atoms with E-state index in [9.17, 15) is 0 Å². The van der Waals surface area contributed by atoms with Crippen molar-refractivity contribution in [1.82, 2.24) is 30.6 Å². The Balaban J connectivity index is 1.03. The first-order valence-corrected chi connectivity index (χ1v) is 16.5. The molecule has 2 aromatic heterocycles. The highest BCUT2D eigenvalue weighted by atomic mass is 16.5. The quantitative estimate of drug-likeness (QED) is 0.146. The maximum atomic E-state index is 6.12. The lowest BCUT2D eigenvalue weighted by molar-refractivity contribution is 0.306. The third-order valence-electron chi connectivity index (χ3n) is 10.1. The van der Waals surface area contributed by atoms with Crippen LogP contribution < -0.4 is 15.4 Å². The molecule has 7 heteroatoms. The molecule has 0 spiro atoms. The smallest absolute Gasteiger partial charge is 0.124 e. The average molecular weight is 595 g/mol. The van der Waals surface area contributed by atoms with Crippen molar-refractivity contribution in [3.05, 3.63) is 125 Å². The van der Waals surface area contributed by atoms with Crippen molar-refractivity contribution in [3.63, 3.8) is 0 Å². The predicted molar refractivity (Wildman–Crippen MR) is 178 cm³/mol. The van der Waals surface area contributed by atoms with Crippen LogP contribution in [0.25, 0.3) is 22.1 Å². The maximum absolute atomic E-state index is 6.12. The summed E-state index contributed by atoms with van der Waals surface area (Å²) in [6.07, 6.45) is 4.68. The number of nitrogens with zero attached hydrogens (tertiary/aromatic N) is 2. The van der Waals surface area contributed by atoms with E-state index in [1.165, 1.54) is 35.1 Å². The summed E-state index contributed by atoms with van der Waals surface area (Å²) in [5, 5.41) is 7.16. The van der Waals surface area contributed by atoms with E-state index in [1.54, 1.807) is 0 Å². The van der Waals surface area contributed by atoms with E-state index in [1.807, 2.05) is 6.07 Å². The molecule has 7 nitrogen and oxygen atoms in total. The van der Waals surface area contributed by atoms with Gasteiger partial charge in [-0.25, -0.2) is 9.97 Å². The van der Waals surface area contributed by atoms with Crippen molar-refractivity contribution in [2.45, 2.75) is 62.1 Å². The van der Waals surface area contributed by atoms with E-state index in [0.717, 1.165) is 65.4 Å². The fourth-order valence-corrected chi connectivity index (χ4v) is 7.76. The highest BCUT2D eigenvalue weighted by Gasteiger charge is 2.52. The van der Waals surface area contributed by atoms with Gasteiger partial charge in [0, 0.05) is 0 Å². The summed E-state index contributed by atoms with van der Waals surface area (Å²) < 4.78 is 6.12. The van der Waals surface area contributed by atoms with Gasteiger partial charge in [0.15, 0.2) is 0 Å². The molecule has 226 valence electrons. The van der Waals surface area contributed by atoms with Gasteiger partial charge < -0.3 is 25.3 Å². The number of rotatable bonds is 8. The predicted octanol–water partition coefficient (Wildman–Crippen LogP) is 7.53. The first kappa shape index (κ1) is 26.9. The van der Waals surface area contributed by atoms with Crippen molar-refractivity contribution in [3.8, 4) is 5.75 Å². The molecular weight excluding hydrogens is 556 g/mol. The zero-order valence-electron chi connectivity index (χ0n) is 25.3. The molecule has 0 radical (unpaired) electrons. The van der Waals surface area contributed by atoms with E-state index < -0.39 is 0 Å². The zero-order chi connectivity index (χ0) is 29.7. The van der Waals surface area contributed by atoms with Gasteiger partial charge in [-0.05, 0) is 115 Å². The number of aromatic nitrogens is 4. The minimum absolute atomic E-state index is 0.329. The van der Waals surface area contributed by atoms with Crippen LogP contribution in [0, 0.1) is 0 Å². The van der Waals surface area contributed by atoms with Gasteiger partial charge in [0.1, 0.15) is 24.0 Å². The molecule has 0 bridgehead atoms. The van der Waals surface area contributed by atoms with Crippen LogP contribution in [0.15, 0.2) is 91.0 Å². The van der Waals surface area contributed by atoms with Crippen LogP contribution in [-0.4, -0.2) is 33.0 Å². The number of ether oxygens (including phenoxy) is 1. The molecule has 4 unspecified atom stereocenters. The van der Waals surface area contributed by atoms with Crippen LogP contribution in [0.1, 0.15) is 89.4 Å². The van der Waals surface area contributed by atoms with Gasteiger partial charge in [-0.15, -0.1) is 0 Å². The molecule has 0 amide bonds. The van der Waals surface area contributed by atoms with Crippen LogP contribution in [0.4, 0.5) is 0 Å². The number of nitrogens with one attached hydrogen (secondary N) is 4. The average Bonchev–Trinajstić information content (AvgIpc) is 3.70. The third-order valence-corrected chi connectivity index (χ3v) is 10.1. The summed E-state index contributed by atoms with van der Waals surface area (Å²) in [5.74, 6) is 4.14. The van der Waals surface area contributed by atoms with Crippen molar-refractivity contribution in [2.24, 2.45) is 0 Å². The molecule has 1 saturated carbocycles. The second kappa shape index (κ2) is 11.2. The molecule has 4 atom stereocenters. The Morgan fingerprint density at radius 3 is 1.67 bits per heavy atom. The fourth-order valence-electron chi connectivity index (χ4n) is 7.76. The molecule has 2 saturated heterocycles. The number of H-pyrrole nitrogens is 2. The van der Waals surface area contributed by atoms with Gasteiger partial charge in [-0.2, -0.15) is 0 Å². The first-order chi connectivity index (χ1) is 22.3. The van der Waals surface area contributed by atoms with Crippen molar-refractivity contribution < 1.29 is 4.74 Å². The van der Waals surface area contributed by atoms with Crippen LogP contribution in [-0.2, 0) is 6.61 Å². The van der Waals surface area contributed by atoms with Gasteiger partial charge in [0.05, 0.1) is 34.2 Å². The summed E-state index contributed by atoms with van der Waals surface area (Å²) in [6.45, 7) is 2.70. The number of hydrogen-bond acceptors (Lipinski definition) is 5. The van der Waals surface area contributed by atoms with Gasteiger partial charge in [-0.1, -0.05) is 54.6 Å². The largest absolute Gasteiger partial charge is 0.489 e. The Bertz CT molecular complexity index is 1850. The minimum atomic E-state index is 0.329. The summed E-state index contributed by atoms with van der Waals surface area (Å²) >= 11 is 0. The van der Waals surface area contributed by atoms with Gasteiger partial charge in [0.25, 0.3) is 0 Å². The van der Waals surface area contributed by atoms with Crippen LogP contribution in [0.5, 0.6) is 5.75 Å². The zero-order valence-corrected chi connectivity index (χ0v) is 25.3. The molecule has 9 rings (SSSR count). The highest BCUT2D eigenvalue weighted by molar-refractivity contribution is 5.78. The van der Waals surface area contributed by atoms with Crippen LogP contribution in [0.3, 0.4) is 0 Å². The number of aromatic amines is 2. The van der Waals surface area contributed by atoms with Crippen molar-refractivity contribution >= 4 is 22.1 Å². The lowest BCUT2D eigenvalue weighted by atomic mass is 10.0. The molecule has 4 aromatic carbocycles. The van der Waals surface area contributed by atoms with Gasteiger partial charge in [0.2, 0.25) is 0 Å². The van der Waals surface area contributed by atoms with E-state index >= 15 is 0 Å². The third kappa shape index (κ3) is 5.10. The normalized spacial score (nSPS) is 24.5. The second-order valence-corrected chi connectivity index (χ2v) is 13.0. The Hall–Kier alpha value is -4.46. The van der Waals surface area contributed by atoms with E-state index in [4.69, 9.17) is 14.7 Å². The molecular formula is C38H38N6O. The number of fused-ring (bicyclic) bond motifs is 2. The monoisotopic (exact) mass is 594 g/mol.